The fraction of sp³-hybridized carbons (Fsp3) is 0.0833. The van der Waals surface area contributed by atoms with Crippen molar-refractivity contribution in [1.29, 1.82) is 0 Å². The second-order valence-electron chi connectivity index (χ2n) is 3.79. The summed E-state index contributed by atoms with van der Waals surface area (Å²) in [6.07, 6.45) is 0. The number of anilines is 2. The van der Waals surface area contributed by atoms with Crippen LogP contribution in [0.15, 0.2) is 23.6 Å². The van der Waals surface area contributed by atoms with Gasteiger partial charge in [-0.1, -0.05) is 0 Å². The second kappa shape index (κ2) is 5.15. The molecule has 1 aromatic carbocycles. The summed E-state index contributed by atoms with van der Waals surface area (Å²) in [4.78, 5) is 26.8. The Morgan fingerprint density at radius 1 is 1.42 bits per heavy atom. The second-order valence-corrected chi connectivity index (χ2v) is 4.65. The molecule has 5 nitrogen and oxygen atoms in total. The Labute approximate surface area is 112 Å². The highest BCUT2D eigenvalue weighted by Gasteiger charge is 2.14. The van der Waals surface area contributed by atoms with Crippen molar-refractivity contribution in [2.24, 2.45) is 0 Å². The van der Waals surface area contributed by atoms with Gasteiger partial charge < -0.3 is 5.73 Å². The molecule has 0 spiro atoms. The molecule has 0 unspecified atom stereocenters. The van der Waals surface area contributed by atoms with E-state index in [2.05, 4.69) is 10.3 Å². The Hall–Kier alpha value is -2.28. The number of nitrogens with one attached hydrogen (secondary N) is 1. The summed E-state index contributed by atoms with van der Waals surface area (Å²) < 4.78 is 13.5. The highest BCUT2D eigenvalue weighted by atomic mass is 32.1. The van der Waals surface area contributed by atoms with Gasteiger partial charge in [-0.2, -0.15) is 0 Å². The zero-order chi connectivity index (χ0) is 14.0. The standard InChI is InChI=1S/C12H10FN3O2S/c1-6(17)10-5-19-12(15-10)16-11(18)8-4-7(14)2-3-9(8)13/h2-5H,14H2,1H3,(H,15,16,18). The van der Waals surface area contributed by atoms with Gasteiger partial charge in [-0.25, -0.2) is 9.37 Å². The molecule has 1 aromatic heterocycles. The molecule has 0 aliphatic rings. The van der Waals surface area contributed by atoms with Gasteiger partial charge in [0.15, 0.2) is 10.9 Å². The predicted octanol–water partition coefficient (Wildman–Crippen LogP) is 2.32. The Morgan fingerprint density at radius 2 is 2.16 bits per heavy atom. The third kappa shape index (κ3) is 2.94. The van der Waals surface area contributed by atoms with E-state index in [1.807, 2.05) is 0 Å². The average Bonchev–Trinajstić information content (AvgIpc) is 2.80. The summed E-state index contributed by atoms with van der Waals surface area (Å²) in [5, 5.41) is 4.18. The number of rotatable bonds is 3. The number of nitrogen functional groups attached to an aromatic ring is 1. The fourth-order valence-corrected chi connectivity index (χ4v) is 2.12. The summed E-state index contributed by atoms with van der Waals surface area (Å²) in [5.74, 6) is -1.53. The molecule has 19 heavy (non-hydrogen) atoms. The SMILES string of the molecule is CC(=O)c1csc(NC(=O)c2cc(N)ccc2F)n1. The molecule has 0 bridgehead atoms. The van der Waals surface area contributed by atoms with Gasteiger partial charge >= 0.3 is 0 Å². The quantitative estimate of drug-likeness (QED) is 0.667. The van der Waals surface area contributed by atoms with Crippen LogP contribution in [0.1, 0.15) is 27.8 Å². The van der Waals surface area contributed by atoms with Crippen molar-refractivity contribution in [3.63, 3.8) is 0 Å². The molecule has 2 rings (SSSR count). The van der Waals surface area contributed by atoms with Crippen molar-refractivity contribution in [2.45, 2.75) is 6.92 Å². The van der Waals surface area contributed by atoms with E-state index in [4.69, 9.17) is 5.73 Å². The highest BCUT2D eigenvalue weighted by molar-refractivity contribution is 7.14. The summed E-state index contributed by atoms with van der Waals surface area (Å²) >= 11 is 1.09. The Bertz CT molecular complexity index is 654. The zero-order valence-corrected chi connectivity index (χ0v) is 10.8. The molecule has 98 valence electrons. The first-order valence-electron chi connectivity index (χ1n) is 5.30. The van der Waals surface area contributed by atoms with Gasteiger partial charge in [0.2, 0.25) is 0 Å². The maximum atomic E-state index is 13.5. The molecule has 0 fully saturated rings. The number of ketones is 1. The van der Waals surface area contributed by atoms with Crippen molar-refractivity contribution in [3.05, 3.63) is 40.7 Å². The number of aromatic nitrogens is 1. The van der Waals surface area contributed by atoms with Crippen LogP contribution in [0.3, 0.4) is 0 Å². The summed E-state index contributed by atoms with van der Waals surface area (Å²) in [7, 11) is 0. The normalized spacial score (nSPS) is 10.2. The third-order valence-corrected chi connectivity index (χ3v) is 3.08. The lowest BCUT2D eigenvalue weighted by Gasteiger charge is -2.04. The van der Waals surface area contributed by atoms with Crippen LogP contribution < -0.4 is 11.1 Å². The van der Waals surface area contributed by atoms with Crippen molar-refractivity contribution in [2.75, 3.05) is 11.1 Å². The molecule has 0 saturated carbocycles. The lowest BCUT2D eigenvalue weighted by Crippen LogP contribution is -2.14. The number of amides is 1. The van der Waals surface area contributed by atoms with Gasteiger partial charge in [0.1, 0.15) is 11.5 Å². The number of nitrogens with two attached hydrogens (primary N) is 1. The molecule has 3 N–H and O–H groups in total. The Balaban J connectivity index is 2.20. The first-order valence-corrected chi connectivity index (χ1v) is 6.18. The minimum absolute atomic E-state index is 0.167. The number of carbonyl (C=O) groups is 2. The van der Waals surface area contributed by atoms with Crippen LogP contribution in [0.25, 0.3) is 0 Å². The van der Waals surface area contributed by atoms with Gasteiger partial charge in [-0.3, -0.25) is 14.9 Å². The fourth-order valence-electron chi connectivity index (χ4n) is 1.37. The van der Waals surface area contributed by atoms with Crippen molar-refractivity contribution < 1.29 is 14.0 Å². The number of hydrogen-bond donors (Lipinski definition) is 2. The summed E-state index contributed by atoms with van der Waals surface area (Å²) in [5.41, 5.74) is 5.88. The molecule has 0 aliphatic carbocycles. The van der Waals surface area contributed by atoms with E-state index in [-0.39, 0.29) is 27.9 Å². The third-order valence-electron chi connectivity index (χ3n) is 2.32. The van der Waals surface area contributed by atoms with Gasteiger partial charge in [0.25, 0.3) is 5.91 Å². The topological polar surface area (TPSA) is 85.1 Å². The number of nitrogens with zero attached hydrogens (tertiary/aromatic N) is 1. The van der Waals surface area contributed by atoms with E-state index in [0.717, 1.165) is 17.4 Å². The van der Waals surface area contributed by atoms with E-state index >= 15 is 0 Å². The summed E-state index contributed by atoms with van der Waals surface area (Å²) in [6, 6.07) is 3.72. The number of thiazole rings is 1. The van der Waals surface area contributed by atoms with Gasteiger partial charge in [0, 0.05) is 18.0 Å². The molecule has 2 aromatic rings. The van der Waals surface area contributed by atoms with Crippen LogP contribution in [-0.2, 0) is 0 Å². The number of benzene rings is 1. The summed E-state index contributed by atoms with van der Waals surface area (Å²) in [6.45, 7) is 1.37. The lowest BCUT2D eigenvalue weighted by molar-refractivity contribution is 0.100. The van der Waals surface area contributed by atoms with Crippen LogP contribution in [-0.4, -0.2) is 16.7 Å². The molecule has 0 atom stereocenters. The maximum Gasteiger partial charge on any atom is 0.260 e. The first kappa shape index (κ1) is 13.2. The van der Waals surface area contributed by atoms with Gasteiger partial charge in [-0.15, -0.1) is 11.3 Å². The Kier molecular flexibility index (Phi) is 3.57. The lowest BCUT2D eigenvalue weighted by atomic mass is 10.2. The molecule has 7 heteroatoms. The molecule has 0 aliphatic heterocycles. The molecule has 1 heterocycles. The minimum Gasteiger partial charge on any atom is -0.399 e. The van der Waals surface area contributed by atoms with Crippen molar-refractivity contribution in [3.8, 4) is 0 Å². The van der Waals surface area contributed by atoms with Crippen molar-refractivity contribution >= 4 is 33.8 Å². The van der Waals surface area contributed by atoms with Crippen LogP contribution >= 0.6 is 11.3 Å². The van der Waals surface area contributed by atoms with Crippen LogP contribution in [0.5, 0.6) is 0 Å². The van der Waals surface area contributed by atoms with E-state index in [9.17, 15) is 14.0 Å². The van der Waals surface area contributed by atoms with Crippen LogP contribution in [0.4, 0.5) is 15.2 Å². The van der Waals surface area contributed by atoms with E-state index in [0.29, 0.717) is 0 Å². The van der Waals surface area contributed by atoms with E-state index in [1.165, 1.54) is 24.4 Å². The molecule has 0 radical (unpaired) electrons. The predicted molar refractivity (Wildman–Crippen MR) is 70.9 cm³/mol. The van der Waals surface area contributed by atoms with Gasteiger partial charge in [0.05, 0.1) is 5.56 Å². The molecule has 0 saturated heterocycles. The minimum atomic E-state index is -0.671. The Morgan fingerprint density at radius 3 is 2.79 bits per heavy atom. The first-order chi connectivity index (χ1) is 8.97. The van der Waals surface area contributed by atoms with Crippen LogP contribution in [0, 0.1) is 5.82 Å². The number of hydrogen-bond acceptors (Lipinski definition) is 5. The average molecular weight is 279 g/mol. The monoisotopic (exact) mass is 279 g/mol. The smallest absolute Gasteiger partial charge is 0.260 e. The largest absolute Gasteiger partial charge is 0.399 e. The number of Topliss-reactive ketones (excluding diaryl/α,β-unsaturated/α-hetero) is 1. The maximum absolute atomic E-state index is 13.5. The number of halogens is 1. The van der Waals surface area contributed by atoms with E-state index < -0.39 is 11.7 Å². The number of carbonyl (C=O) groups excluding carboxylic acids is 2. The van der Waals surface area contributed by atoms with Crippen molar-refractivity contribution in [1.82, 2.24) is 4.98 Å². The highest BCUT2D eigenvalue weighted by Crippen LogP contribution is 2.18. The molecular weight excluding hydrogens is 269 g/mol. The van der Waals surface area contributed by atoms with Crippen LogP contribution in [0.2, 0.25) is 0 Å². The van der Waals surface area contributed by atoms with Gasteiger partial charge in [-0.05, 0) is 18.2 Å². The zero-order valence-electron chi connectivity index (χ0n) is 9.94. The van der Waals surface area contributed by atoms with E-state index in [1.54, 1.807) is 0 Å². The molecular formula is C12H10FN3O2S. The molecule has 1 amide bonds.